The van der Waals surface area contributed by atoms with Crippen LogP contribution in [0.15, 0.2) is 39.9 Å². The van der Waals surface area contributed by atoms with Gasteiger partial charge in [-0.25, -0.2) is 9.18 Å². The lowest BCUT2D eigenvalue weighted by Crippen LogP contribution is -2.62. The molecule has 3 heterocycles. The molecule has 1 saturated heterocycles. The van der Waals surface area contributed by atoms with Crippen molar-refractivity contribution < 1.29 is 23.0 Å². The number of carbonyl (C=O) groups excluding carboxylic acids is 2. The molecule has 0 N–H and O–H groups in total. The molecule has 7 nitrogen and oxygen atoms in total. The molecule has 0 bridgehead atoms. The number of hydrogen-bond donors (Lipinski definition) is 0. The second kappa shape index (κ2) is 5.73. The number of amidine groups is 1. The Kier molecular flexibility index (Phi) is 3.69. The van der Waals surface area contributed by atoms with Gasteiger partial charge in [-0.05, 0) is 6.07 Å². The third-order valence-electron chi connectivity index (χ3n) is 4.80. The average Bonchev–Trinajstić information content (AvgIpc) is 3.16. The van der Waals surface area contributed by atoms with Gasteiger partial charge < -0.3 is 4.42 Å². The molecule has 3 amide bonds. The number of amides is 3. The van der Waals surface area contributed by atoms with Crippen LogP contribution in [0.5, 0.6) is 0 Å². The summed E-state index contributed by atoms with van der Waals surface area (Å²) in [5.74, 6) is 0.0886. The molecule has 2 aromatic rings. The predicted octanol–water partition coefficient (Wildman–Crippen LogP) is 2.68. The van der Waals surface area contributed by atoms with Crippen molar-refractivity contribution in [2.75, 3.05) is 7.05 Å². The van der Waals surface area contributed by atoms with Crippen molar-refractivity contribution in [2.24, 2.45) is 4.99 Å². The third-order valence-corrected chi connectivity index (χ3v) is 4.80. The molecule has 1 unspecified atom stereocenters. The molecule has 1 aromatic heterocycles. The predicted molar refractivity (Wildman–Crippen MR) is 93.8 cm³/mol. The number of likely N-dealkylation sites (N-methyl/N-ethyl adjacent to an activating group) is 1. The van der Waals surface area contributed by atoms with Crippen LogP contribution in [0, 0.1) is 5.82 Å². The smallest absolute Gasteiger partial charge is 0.389 e. The van der Waals surface area contributed by atoms with Crippen LogP contribution in [-0.2, 0) is 16.8 Å². The number of aromatic nitrogens is 1. The number of rotatable bonds is 2. The number of imide groups is 1. The zero-order valence-electron chi connectivity index (χ0n) is 15.6. The van der Waals surface area contributed by atoms with Crippen LogP contribution in [0.1, 0.15) is 38.1 Å². The molecule has 4 rings (SSSR count). The molecule has 0 spiro atoms. The van der Waals surface area contributed by atoms with Crippen LogP contribution in [0.3, 0.4) is 0 Å². The van der Waals surface area contributed by atoms with Crippen molar-refractivity contribution >= 4 is 23.8 Å². The molecule has 0 saturated carbocycles. The van der Waals surface area contributed by atoms with Crippen molar-refractivity contribution in [2.45, 2.75) is 38.8 Å². The van der Waals surface area contributed by atoms with E-state index < -0.39 is 23.8 Å². The number of benzene rings is 1. The van der Waals surface area contributed by atoms with Gasteiger partial charge in [0.1, 0.15) is 12.0 Å². The Bertz CT molecular complexity index is 989. The molecule has 2 aliphatic heterocycles. The van der Waals surface area contributed by atoms with Crippen LogP contribution >= 0.6 is 0 Å². The minimum atomic E-state index is -0.797. The highest BCUT2D eigenvalue weighted by molar-refractivity contribution is 6.18. The maximum atomic E-state index is 14.0. The lowest BCUT2D eigenvalue weighted by atomic mass is 9.94. The number of carbonyl (C=O) groups is 2. The average molecular weight is 371 g/mol. The topological polar surface area (TPSA) is 70.0 Å². The first-order valence-corrected chi connectivity index (χ1v) is 8.65. The van der Waals surface area contributed by atoms with E-state index in [2.05, 4.69) is 4.99 Å². The van der Waals surface area contributed by atoms with E-state index in [1.165, 1.54) is 11.0 Å². The largest absolute Gasteiger partial charge is 0.506 e. The molecule has 1 atom stereocenters. The molecule has 1 aromatic carbocycles. The molecule has 8 heteroatoms. The lowest BCUT2D eigenvalue weighted by molar-refractivity contribution is -0.679. The summed E-state index contributed by atoms with van der Waals surface area (Å²) in [5.41, 5.74) is 0.0260. The summed E-state index contributed by atoms with van der Waals surface area (Å²) in [6.07, 6.45) is 1.75. The number of oxazole rings is 1. The molecule has 27 heavy (non-hydrogen) atoms. The molecule has 140 valence electrons. The summed E-state index contributed by atoms with van der Waals surface area (Å²) in [5, 5.41) is 0. The Hall–Kier alpha value is -3.03. The fourth-order valence-electron chi connectivity index (χ4n) is 3.21. The van der Waals surface area contributed by atoms with Crippen LogP contribution in [-0.4, -0.2) is 34.6 Å². The van der Waals surface area contributed by atoms with Crippen LogP contribution in [0.25, 0.3) is 0 Å². The molecular weight excluding hydrogens is 351 g/mol. The number of aliphatic imine (C=N–C) groups is 1. The number of halogens is 1. The quantitative estimate of drug-likeness (QED) is 0.762. The fraction of sp³-hybridized carbons (Fsp3) is 0.368. The summed E-state index contributed by atoms with van der Waals surface area (Å²) in [6, 6.07) is 5.03. The Morgan fingerprint density at radius 2 is 1.96 bits per heavy atom. The summed E-state index contributed by atoms with van der Waals surface area (Å²) in [4.78, 5) is 32.5. The van der Waals surface area contributed by atoms with E-state index in [9.17, 15) is 14.0 Å². The zero-order chi connectivity index (χ0) is 19.5. The van der Waals surface area contributed by atoms with E-state index in [1.54, 1.807) is 36.0 Å². The second-order valence-corrected chi connectivity index (χ2v) is 7.77. The highest BCUT2D eigenvalue weighted by atomic mass is 19.1. The van der Waals surface area contributed by atoms with E-state index in [0.29, 0.717) is 11.6 Å². The van der Waals surface area contributed by atoms with Gasteiger partial charge in [0, 0.05) is 23.0 Å². The second-order valence-electron chi connectivity index (χ2n) is 7.77. The van der Waals surface area contributed by atoms with Crippen molar-refractivity contribution in [1.82, 2.24) is 9.80 Å². The maximum Gasteiger partial charge on any atom is 0.506 e. The minimum absolute atomic E-state index is 0.141. The Balaban J connectivity index is 1.73. The summed E-state index contributed by atoms with van der Waals surface area (Å²) in [7, 11) is 1.55. The standard InChI is InChI=1S/C19H20FN4O3/c1-19(2,3)13-10-23-14-15(21-17(23)27-13)22(4)18(26)24(16(14)25)9-11-7-5-6-8-12(11)20/h5-8,10,14H,9H2,1-4H3/q+1. The highest BCUT2D eigenvalue weighted by Gasteiger charge is 2.55. The normalized spacial score (nSPS) is 19.3. The first-order valence-electron chi connectivity index (χ1n) is 8.65. The Morgan fingerprint density at radius 3 is 2.63 bits per heavy atom. The first kappa shape index (κ1) is 17.4. The van der Waals surface area contributed by atoms with Gasteiger partial charge >= 0.3 is 12.0 Å². The Labute approximate surface area is 155 Å². The molecule has 1 fully saturated rings. The van der Waals surface area contributed by atoms with Gasteiger partial charge in [0.25, 0.3) is 17.8 Å². The van der Waals surface area contributed by atoms with E-state index in [-0.39, 0.29) is 23.5 Å². The number of urea groups is 1. The van der Waals surface area contributed by atoms with Gasteiger partial charge in [-0.15, -0.1) is 0 Å². The van der Waals surface area contributed by atoms with Crippen molar-refractivity contribution in [1.29, 1.82) is 0 Å². The number of hydrogen-bond acceptors (Lipinski definition) is 4. The van der Waals surface area contributed by atoms with E-state index >= 15 is 0 Å². The van der Waals surface area contributed by atoms with Crippen molar-refractivity contribution in [3.8, 4) is 0 Å². The van der Waals surface area contributed by atoms with Gasteiger partial charge in [0.15, 0.2) is 5.76 Å². The lowest BCUT2D eigenvalue weighted by Gasteiger charge is -2.32. The van der Waals surface area contributed by atoms with E-state index in [0.717, 1.165) is 4.90 Å². The van der Waals surface area contributed by atoms with Crippen molar-refractivity contribution in [3.05, 3.63) is 47.6 Å². The van der Waals surface area contributed by atoms with Crippen LogP contribution in [0.2, 0.25) is 0 Å². The zero-order valence-corrected chi connectivity index (χ0v) is 15.6. The highest BCUT2D eigenvalue weighted by Crippen LogP contribution is 2.33. The van der Waals surface area contributed by atoms with E-state index in [4.69, 9.17) is 4.42 Å². The summed E-state index contributed by atoms with van der Waals surface area (Å²) in [6.45, 7) is 5.84. The number of nitrogens with zero attached hydrogens (tertiary/aromatic N) is 4. The monoisotopic (exact) mass is 371 g/mol. The summed E-state index contributed by atoms with van der Waals surface area (Å²) >= 11 is 0. The van der Waals surface area contributed by atoms with Crippen LogP contribution in [0.4, 0.5) is 15.2 Å². The maximum absolute atomic E-state index is 14.0. The molecule has 0 aliphatic carbocycles. The van der Waals surface area contributed by atoms with Crippen LogP contribution < -0.4 is 4.57 Å². The van der Waals surface area contributed by atoms with Crippen molar-refractivity contribution in [3.63, 3.8) is 0 Å². The van der Waals surface area contributed by atoms with E-state index in [1.807, 2.05) is 20.8 Å². The first-order chi connectivity index (χ1) is 12.7. The molecular formula is C19H20FN4O3+. The van der Waals surface area contributed by atoms with Gasteiger partial charge in [0.05, 0.1) is 6.54 Å². The fourth-order valence-corrected chi connectivity index (χ4v) is 3.21. The Morgan fingerprint density at radius 1 is 1.26 bits per heavy atom. The van der Waals surface area contributed by atoms with Gasteiger partial charge in [0.2, 0.25) is 0 Å². The third kappa shape index (κ3) is 2.63. The van der Waals surface area contributed by atoms with Gasteiger partial charge in [-0.3, -0.25) is 14.6 Å². The number of fused-ring (bicyclic) bond motifs is 3. The molecule has 0 radical (unpaired) electrons. The van der Waals surface area contributed by atoms with Gasteiger partial charge in [-0.2, -0.15) is 4.57 Å². The van der Waals surface area contributed by atoms with Gasteiger partial charge in [-0.1, -0.05) is 39.0 Å². The minimum Gasteiger partial charge on any atom is -0.389 e. The SMILES string of the molecule is CN1C(=O)N(Cc2ccccc2F)C(=O)C2C1=Nc1oc(C(C)(C)C)c[n+]12. The molecule has 2 aliphatic rings. The summed E-state index contributed by atoms with van der Waals surface area (Å²) < 4.78 is 21.5.